The quantitative estimate of drug-likeness (QED) is 0.477. The summed E-state index contributed by atoms with van der Waals surface area (Å²) >= 11 is 0. The van der Waals surface area contributed by atoms with Crippen LogP contribution in [-0.4, -0.2) is 28.6 Å². The minimum atomic E-state index is -0.558. The molecule has 0 amide bonds. The van der Waals surface area contributed by atoms with E-state index in [0.717, 1.165) is 11.4 Å². The number of ether oxygens (including phenoxy) is 1. The second-order valence-corrected chi connectivity index (χ2v) is 4.09. The Balaban J connectivity index is 2.27. The van der Waals surface area contributed by atoms with E-state index in [9.17, 15) is 9.59 Å². The van der Waals surface area contributed by atoms with Gasteiger partial charge in [-0.2, -0.15) is 5.10 Å². The molecule has 1 aromatic carbocycles. The topological polar surface area (TPSA) is 61.2 Å². The highest BCUT2D eigenvalue weighted by atomic mass is 16.5. The molecule has 0 aliphatic heterocycles. The number of benzene rings is 1. The molecule has 2 rings (SSSR count). The number of nitrogens with zero attached hydrogens (tertiary/aromatic N) is 2. The van der Waals surface area contributed by atoms with Gasteiger partial charge in [0.1, 0.15) is 12.1 Å². The van der Waals surface area contributed by atoms with Crippen molar-refractivity contribution in [1.29, 1.82) is 0 Å². The van der Waals surface area contributed by atoms with Crippen LogP contribution in [0.5, 0.6) is 0 Å². The Labute approximate surface area is 110 Å². The summed E-state index contributed by atoms with van der Waals surface area (Å²) in [5.74, 6) is -0.901. The van der Waals surface area contributed by atoms with Gasteiger partial charge in [-0.15, -0.1) is 0 Å². The maximum absolute atomic E-state index is 11.8. The van der Waals surface area contributed by atoms with Crippen LogP contribution in [0.15, 0.2) is 36.4 Å². The SMILES string of the molecule is COC(=O)CC(=O)c1cc(C)n(-c2ccccc2)n1. The summed E-state index contributed by atoms with van der Waals surface area (Å²) in [5, 5.41) is 4.23. The lowest BCUT2D eigenvalue weighted by atomic mass is 10.2. The van der Waals surface area contributed by atoms with Gasteiger partial charge in [0, 0.05) is 5.69 Å². The van der Waals surface area contributed by atoms with Gasteiger partial charge in [-0.25, -0.2) is 4.68 Å². The molecular formula is C14H14N2O3. The van der Waals surface area contributed by atoms with Crippen molar-refractivity contribution in [3.63, 3.8) is 0 Å². The van der Waals surface area contributed by atoms with Gasteiger partial charge in [-0.3, -0.25) is 9.59 Å². The number of ketones is 1. The van der Waals surface area contributed by atoms with Gasteiger partial charge in [0.2, 0.25) is 0 Å². The molecule has 5 nitrogen and oxygen atoms in total. The lowest BCUT2D eigenvalue weighted by molar-refractivity contribution is -0.139. The van der Waals surface area contributed by atoms with Gasteiger partial charge >= 0.3 is 5.97 Å². The van der Waals surface area contributed by atoms with Crippen LogP contribution in [0.25, 0.3) is 5.69 Å². The van der Waals surface area contributed by atoms with Crippen LogP contribution >= 0.6 is 0 Å². The van der Waals surface area contributed by atoms with Gasteiger partial charge < -0.3 is 4.74 Å². The molecule has 2 aromatic rings. The van der Waals surface area contributed by atoms with E-state index in [4.69, 9.17) is 0 Å². The van der Waals surface area contributed by atoms with Gasteiger partial charge in [0.25, 0.3) is 0 Å². The van der Waals surface area contributed by atoms with E-state index in [0.29, 0.717) is 0 Å². The zero-order chi connectivity index (χ0) is 13.8. The Bertz CT molecular complexity index is 602. The molecule has 5 heteroatoms. The van der Waals surface area contributed by atoms with Crippen molar-refractivity contribution in [2.45, 2.75) is 13.3 Å². The molecule has 1 aromatic heterocycles. The summed E-state index contributed by atoms with van der Waals surface area (Å²) in [4.78, 5) is 22.9. The van der Waals surface area contributed by atoms with E-state index < -0.39 is 5.97 Å². The average molecular weight is 258 g/mol. The number of carbonyl (C=O) groups is 2. The Kier molecular flexibility index (Phi) is 3.75. The van der Waals surface area contributed by atoms with E-state index in [2.05, 4.69) is 9.84 Å². The Morgan fingerprint density at radius 1 is 1.26 bits per heavy atom. The van der Waals surface area contributed by atoms with Crippen molar-refractivity contribution in [2.24, 2.45) is 0 Å². The van der Waals surface area contributed by atoms with Crippen LogP contribution in [0, 0.1) is 6.92 Å². The first-order valence-corrected chi connectivity index (χ1v) is 5.84. The van der Waals surface area contributed by atoms with Crippen LogP contribution in [0.1, 0.15) is 22.6 Å². The van der Waals surface area contributed by atoms with E-state index in [1.165, 1.54) is 7.11 Å². The van der Waals surface area contributed by atoms with E-state index >= 15 is 0 Å². The average Bonchev–Trinajstić information content (AvgIpc) is 2.82. The summed E-state index contributed by atoms with van der Waals surface area (Å²) in [6.45, 7) is 1.86. The summed E-state index contributed by atoms with van der Waals surface area (Å²) in [6, 6.07) is 11.2. The fourth-order valence-electron chi connectivity index (χ4n) is 1.74. The van der Waals surface area contributed by atoms with Crippen molar-refractivity contribution in [1.82, 2.24) is 9.78 Å². The number of rotatable bonds is 4. The van der Waals surface area contributed by atoms with E-state index in [-0.39, 0.29) is 17.9 Å². The van der Waals surface area contributed by atoms with Crippen LogP contribution in [0.3, 0.4) is 0 Å². The highest BCUT2D eigenvalue weighted by molar-refractivity contribution is 6.04. The first kappa shape index (κ1) is 13.0. The number of esters is 1. The summed E-state index contributed by atoms with van der Waals surface area (Å²) < 4.78 is 6.14. The largest absolute Gasteiger partial charge is 0.469 e. The molecule has 0 aliphatic carbocycles. The molecule has 0 saturated carbocycles. The number of para-hydroxylation sites is 1. The minimum absolute atomic E-state index is 0.270. The highest BCUT2D eigenvalue weighted by Crippen LogP contribution is 2.13. The van der Waals surface area contributed by atoms with E-state index in [1.54, 1.807) is 10.7 Å². The molecule has 0 bridgehead atoms. The second-order valence-electron chi connectivity index (χ2n) is 4.09. The smallest absolute Gasteiger partial charge is 0.313 e. The Hall–Kier alpha value is -2.43. The van der Waals surface area contributed by atoms with Gasteiger partial charge in [-0.05, 0) is 25.1 Å². The molecule has 0 saturated heterocycles. The molecule has 0 aliphatic rings. The lowest BCUT2D eigenvalue weighted by Gasteiger charge is -2.02. The van der Waals surface area contributed by atoms with Crippen LogP contribution in [-0.2, 0) is 9.53 Å². The van der Waals surface area contributed by atoms with Crippen molar-refractivity contribution < 1.29 is 14.3 Å². The van der Waals surface area contributed by atoms with Gasteiger partial charge in [0.05, 0.1) is 12.8 Å². The molecule has 0 radical (unpaired) electrons. The van der Waals surface area contributed by atoms with Crippen LogP contribution < -0.4 is 0 Å². The van der Waals surface area contributed by atoms with E-state index in [1.807, 2.05) is 37.3 Å². The van der Waals surface area contributed by atoms with Gasteiger partial charge in [0.15, 0.2) is 5.78 Å². The molecule has 0 fully saturated rings. The maximum atomic E-state index is 11.8. The number of hydrogen-bond donors (Lipinski definition) is 0. The molecule has 0 unspecified atom stereocenters. The predicted molar refractivity (Wildman–Crippen MR) is 69.3 cm³/mol. The third-order valence-electron chi connectivity index (χ3n) is 2.71. The molecule has 0 atom stereocenters. The van der Waals surface area contributed by atoms with Crippen molar-refractivity contribution >= 4 is 11.8 Å². The first-order valence-electron chi connectivity index (χ1n) is 5.84. The number of carbonyl (C=O) groups excluding carboxylic acids is 2. The van der Waals surface area contributed by atoms with Crippen LogP contribution in [0.4, 0.5) is 0 Å². The number of hydrogen-bond acceptors (Lipinski definition) is 4. The maximum Gasteiger partial charge on any atom is 0.313 e. The fourth-order valence-corrected chi connectivity index (χ4v) is 1.74. The van der Waals surface area contributed by atoms with Crippen molar-refractivity contribution in [3.8, 4) is 5.69 Å². The number of Topliss-reactive ketones (excluding diaryl/α,β-unsaturated/α-hetero) is 1. The fraction of sp³-hybridized carbons (Fsp3) is 0.214. The zero-order valence-electron chi connectivity index (χ0n) is 10.8. The summed E-state index contributed by atoms with van der Waals surface area (Å²) in [7, 11) is 1.25. The molecule has 1 heterocycles. The minimum Gasteiger partial charge on any atom is -0.469 e. The molecule has 0 spiro atoms. The summed E-state index contributed by atoms with van der Waals surface area (Å²) in [5.41, 5.74) is 1.98. The summed E-state index contributed by atoms with van der Waals surface area (Å²) in [6.07, 6.45) is -0.290. The van der Waals surface area contributed by atoms with Crippen molar-refractivity contribution in [2.75, 3.05) is 7.11 Å². The number of methoxy groups -OCH3 is 1. The normalized spacial score (nSPS) is 10.2. The van der Waals surface area contributed by atoms with Crippen molar-refractivity contribution in [3.05, 3.63) is 47.8 Å². The number of aromatic nitrogens is 2. The lowest BCUT2D eigenvalue weighted by Crippen LogP contribution is -2.10. The number of aryl methyl sites for hydroxylation is 1. The zero-order valence-corrected chi connectivity index (χ0v) is 10.8. The Morgan fingerprint density at radius 3 is 2.58 bits per heavy atom. The molecule has 98 valence electrons. The molecular weight excluding hydrogens is 244 g/mol. The van der Waals surface area contributed by atoms with Gasteiger partial charge in [-0.1, -0.05) is 18.2 Å². The Morgan fingerprint density at radius 2 is 1.95 bits per heavy atom. The molecule has 19 heavy (non-hydrogen) atoms. The standard InChI is InChI=1S/C14H14N2O3/c1-10-8-12(13(17)9-14(18)19-2)15-16(10)11-6-4-3-5-7-11/h3-8H,9H2,1-2H3. The third-order valence-corrected chi connectivity index (χ3v) is 2.71. The highest BCUT2D eigenvalue weighted by Gasteiger charge is 2.16. The van der Waals surface area contributed by atoms with Crippen LogP contribution in [0.2, 0.25) is 0 Å². The second kappa shape index (κ2) is 5.48. The monoisotopic (exact) mass is 258 g/mol. The predicted octanol–water partition coefficient (Wildman–Crippen LogP) is 1.93. The third kappa shape index (κ3) is 2.88. The molecule has 0 N–H and O–H groups in total. The first-order chi connectivity index (χ1) is 9.11.